The number of rotatable bonds is 1. The van der Waals surface area contributed by atoms with Crippen molar-refractivity contribution >= 4 is 11.8 Å². The van der Waals surface area contributed by atoms with E-state index in [9.17, 15) is 0 Å². The lowest BCUT2D eigenvalue weighted by molar-refractivity contribution is 0.389. The van der Waals surface area contributed by atoms with E-state index in [0.717, 1.165) is 17.2 Å². The summed E-state index contributed by atoms with van der Waals surface area (Å²) in [5.74, 6) is 1.74. The zero-order chi connectivity index (χ0) is 7.68. The minimum atomic E-state index is 0.617. The van der Waals surface area contributed by atoms with E-state index in [2.05, 4.69) is 10.2 Å². The Kier molecular flexibility index (Phi) is 1.69. The highest BCUT2D eigenvalue weighted by Crippen LogP contribution is 2.29. The van der Waals surface area contributed by atoms with E-state index in [0.29, 0.717) is 5.88 Å². The Morgan fingerprint density at radius 3 is 3.27 bits per heavy atom. The maximum absolute atomic E-state index is 4.96. The topological polar surface area (TPSA) is 35.0 Å². The molecule has 1 aromatic rings. The molecule has 11 heavy (non-hydrogen) atoms. The van der Waals surface area contributed by atoms with Crippen molar-refractivity contribution in [2.45, 2.75) is 11.4 Å². The van der Waals surface area contributed by atoms with Crippen molar-refractivity contribution in [2.24, 2.45) is 0 Å². The fraction of sp³-hybridized carbons (Fsp3) is 0.429. The van der Waals surface area contributed by atoms with Crippen LogP contribution in [-0.4, -0.2) is 23.1 Å². The summed E-state index contributed by atoms with van der Waals surface area (Å²) >= 11 is 1.76. The highest BCUT2D eigenvalue weighted by molar-refractivity contribution is 7.99. The van der Waals surface area contributed by atoms with Gasteiger partial charge in [-0.25, -0.2) is 0 Å². The minimum Gasteiger partial charge on any atom is -0.480 e. The SMILES string of the molecule is COc1cc2c(nn1)SCC2. The molecule has 0 spiro atoms. The first-order valence-corrected chi connectivity index (χ1v) is 4.42. The van der Waals surface area contributed by atoms with Crippen molar-refractivity contribution in [1.29, 1.82) is 0 Å². The largest absolute Gasteiger partial charge is 0.480 e. The third-order valence-electron chi connectivity index (χ3n) is 1.63. The quantitative estimate of drug-likeness (QED) is 0.629. The summed E-state index contributed by atoms with van der Waals surface area (Å²) in [6, 6.07) is 1.96. The molecule has 1 aromatic heterocycles. The summed E-state index contributed by atoms with van der Waals surface area (Å²) in [4.78, 5) is 0. The molecule has 0 aliphatic carbocycles. The van der Waals surface area contributed by atoms with Crippen LogP contribution in [0.3, 0.4) is 0 Å². The average molecular weight is 168 g/mol. The van der Waals surface area contributed by atoms with Crippen LogP contribution in [0.5, 0.6) is 5.88 Å². The summed E-state index contributed by atoms with van der Waals surface area (Å²) in [6.45, 7) is 0. The number of ether oxygens (including phenoxy) is 1. The molecule has 0 saturated heterocycles. The molecule has 0 N–H and O–H groups in total. The maximum Gasteiger partial charge on any atom is 0.233 e. The van der Waals surface area contributed by atoms with Crippen LogP contribution in [0.2, 0.25) is 0 Å². The van der Waals surface area contributed by atoms with Gasteiger partial charge in [0.25, 0.3) is 0 Å². The van der Waals surface area contributed by atoms with Crippen molar-refractivity contribution in [3.8, 4) is 5.88 Å². The zero-order valence-electron chi connectivity index (χ0n) is 6.20. The number of thioether (sulfide) groups is 1. The molecule has 58 valence electrons. The standard InChI is InChI=1S/C7H8N2OS/c1-10-6-4-5-2-3-11-7(5)9-8-6/h4H,2-3H2,1H3. The third-order valence-corrected chi connectivity index (χ3v) is 2.66. The summed E-state index contributed by atoms with van der Waals surface area (Å²) < 4.78 is 4.96. The number of aryl methyl sites for hydroxylation is 1. The summed E-state index contributed by atoms with van der Waals surface area (Å²) in [6.07, 6.45) is 1.09. The van der Waals surface area contributed by atoms with Gasteiger partial charge in [-0.2, -0.15) is 0 Å². The second kappa shape index (κ2) is 2.70. The van der Waals surface area contributed by atoms with Crippen LogP contribution < -0.4 is 4.74 Å². The fourth-order valence-corrected chi connectivity index (χ4v) is 2.02. The number of methoxy groups -OCH3 is 1. The molecule has 1 aliphatic rings. The van der Waals surface area contributed by atoms with E-state index in [-0.39, 0.29) is 0 Å². The molecule has 0 bridgehead atoms. The molecular weight excluding hydrogens is 160 g/mol. The third kappa shape index (κ3) is 1.18. The van der Waals surface area contributed by atoms with Crippen LogP contribution in [0, 0.1) is 0 Å². The van der Waals surface area contributed by atoms with Gasteiger partial charge in [0.1, 0.15) is 5.03 Å². The van der Waals surface area contributed by atoms with Crippen LogP contribution in [0.4, 0.5) is 0 Å². The lowest BCUT2D eigenvalue weighted by Gasteiger charge is -1.98. The molecule has 4 heteroatoms. The molecule has 0 unspecified atom stereocenters. The molecule has 0 fully saturated rings. The predicted molar refractivity (Wildman–Crippen MR) is 43.0 cm³/mol. The van der Waals surface area contributed by atoms with Gasteiger partial charge >= 0.3 is 0 Å². The summed E-state index contributed by atoms with van der Waals surface area (Å²) in [7, 11) is 1.61. The van der Waals surface area contributed by atoms with Crippen molar-refractivity contribution < 1.29 is 4.74 Å². The lowest BCUT2D eigenvalue weighted by atomic mass is 10.2. The molecule has 3 nitrogen and oxygen atoms in total. The summed E-state index contributed by atoms with van der Waals surface area (Å²) in [5.41, 5.74) is 1.27. The number of aromatic nitrogens is 2. The van der Waals surface area contributed by atoms with Gasteiger partial charge in [-0.05, 0) is 12.0 Å². The van der Waals surface area contributed by atoms with E-state index >= 15 is 0 Å². The van der Waals surface area contributed by atoms with Gasteiger partial charge in [-0.3, -0.25) is 0 Å². The Morgan fingerprint density at radius 1 is 1.55 bits per heavy atom. The number of nitrogens with zero attached hydrogens (tertiary/aromatic N) is 2. The first-order valence-electron chi connectivity index (χ1n) is 3.43. The predicted octanol–water partition coefficient (Wildman–Crippen LogP) is 1.13. The summed E-state index contributed by atoms with van der Waals surface area (Å²) in [5, 5.41) is 8.95. The Morgan fingerprint density at radius 2 is 2.45 bits per heavy atom. The van der Waals surface area contributed by atoms with E-state index in [4.69, 9.17) is 4.74 Å². The van der Waals surface area contributed by atoms with E-state index in [1.807, 2.05) is 6.07 Å². The first kappa shape index (κ1) is 6.91. The van der Waals surface area contributed by atoms with Crippen LogP contribution in [0.15, 0.2) is 11.1 Å². The van der Waals surface area contributed by atoms with Crippen molar-refractivity contribution in [1.82, 2.24) is 10.2 Å². The van der Waals surface area contributed by atoms with Gasteiger partial charge < -0.3 is 4.74 Å². The monoisotopic (exact) mass is 168 g/mol. The highest BCUT2D eigenvalue weighted by atomic mass is 32.2. The maximum atomic E-state index is 4.96. The Balaban J connectivity index is 2.41. The van der Waals surface area contributed by atoms with E-state index in [1.165, 1.54) is 5.56 Å². The Hall–Kier alpha value is -0.770. The zero-order valence-corrected chi connectivity index (χ0v) is 7.02. The highest BCUT2D eigenvalue weighted by Gasteiger charge is 2.13. The van der Waals surface area contributed by atoms with Gasteiger partial charge in [-0.1, -0.05) is 0 Å². The van der Waals surface area contributed by atoms with Gasteiger partial charge in [0, 0.05) is 11.8 Å². The average Bonchev–Trinajstić information content (AvgIpc) is 2.50. The number of hydrogen-bond donors (Lipinski definition) is 0. The molecule has 2 rings (SSSR count). The van der Waals surface area contributed by atoms with Crippen LogP contribution >= 0.6 is 11.8 Å². The fourth-order valence-electron chi connectivity index (χ4n) is 1.06. The molecule has 2 heterocycles. The Bertz CT molecular complexity index is 277. The molecule has 0 saturated carbocycles. The first-order chi connectivity index (χ1) is 5.40. The van der Waals surface area contributed by atoms with Gasteiger partial charge in [0.15, 0.2) is 0 Å². The molecular formula is C7H8N2OS. The van der Waals surface area contributed by atoms with Gasteiger partial charge in [0.2, 0.25) is 5.88 Å². The van der Waals surface area contributed by atoms with Crippen molar-refractivity contribution in [3.05, 3.63) is 11.6 Å². The molecule has 0 radical (unpaired) electrons. The van der Waals surface area contributed by atoms with E-state index < -0.39 is 0 Å². The molecule has 0 amide bonds. The van der Waals surface area contributed by atoms with Gasteiger partial charge in [0.05, 0.1) is 7.11 Å². The minimum absolute atomic E-state index is 0.617. The number of hydrogen-bond acceptors (Lipinski definition) is 4. The van der Waals surface area contributed by atoms with E-state index in [1.54, 1.807) is 18.9 Å². The van der Waals surface area contributed by atoms with Gasteiger partial charge in [-0.15, -0.1) is 22.0 Å². The second-order valence-electron chi connectivity index (χ2n) is 2.32. The smallest absolute Gasteiger partial charge is 0.233 e. The van der Waals surface area contributed by atoms with Crippen LogP contribution in [0.1, 0.15) is 5.56 Å². The van der Waals surface area contributed by atoms with Crippen LogP contribution in [-0.2, 0) is 6.42 Å². The molecule has 0 atom stereocenters. The second-order valence-corrected chi connectivity index (χ2v) is 3.40. The Labute approximate surface area is 69.2 Å². The van der Waals surface area contributed by atoms with Crippen LogP contribution in [0.25, 0.3) is 0 Å². The van der Waals surface area contributed by atoms with Crippen molar-refractivity contribution in [2.75, 3.05) is 12.9 Å². The lowest BCUT2D eigenvalue weighted by Crippen LogP contribution is -1.93. The van der Waals surface area contributed by atoms with Crippen molar-refractivity contribution in [3.63, 3.8) is 0 Å². The normalized spacial score (nSPS) is 14.6. The molecule has 0 aromatic carbocycles. The number of fused-ring (bicyclic) bond motifs is 1. The molecule has 1 aliphatic heterocycles.